The van der Waals surface area contributed by atoms with E-state index in [1.54, 1.807) is 12.3 Å². The minimum Gasteiger partial charge on any atom is -0.379 e. The molecular weight excluding hydrogens is 288 g/mol. The van der Waals surface area contributed by atoms with Crippen LogP contribution in [0.3, 0.4) is 0 Å². The first-order valence-corrected chi connectivity index (χ1v) is 8.65. The highest BCUT2D eigenvalue weighted by Gasteiger charge is 2.28. The summed E-state index contributed by atoms with van der Waals surface area (Å²) in [5.41, 5.74) is 1.70. The van der Waals surface area contributed by atoms with Crippen LogP contribution in [0.2, 0.25) is 0 Å². The van der Waals surface area contributed by atoms with E-state index in [-0.39, 0.29) is 0 Å². The fourth-order valence-electron chi connectivity index (χ4n) is 3.74. The van der Waals surface area contributed by atoms with Crippen LogP contribution in [-0.4, -0.2) is 60.2 Å². The van der Waals surface area contributed by atoms with Crippen molar-refractivity contribution in [2.45, 2.75) is 32.4 Å². The summed E-state index contributed by atoms with van der Waals surface area (Å²) in [6.45, 7) is 9.39. The molecule has 0 aromatic carbocycles. The van der Waals surface area contributed by atoms with Gasteiger partial charge in [0.2, 0.25) is 0 Å². The van der Waals surface area contributed by atoms with E-state index >= 15 is 0 Å². The van der Waals surface area contributed by atoms with E-state index in [2.05, 4.69) is 27.8 Å². The van der Waals surface area contributed by atoms with Gasteiger partial charge in [0.1, 0.15) is 0 Å². The number of hydrogen-bond donors (Lipinski definition) is 0. The van der Waals surface area contributed by atoms with Gasteiger partial charge < -0.3 is 4.74 Å². The highest BCUT2D eigenvalue weighted by Crippen LogP contribution is 2.25. The van der Waals surface area contributed by atoms with Crippen molar-refractivity contribution in [1.29, 1.82) is 5.26 Å². The Labute approximate surface area is 138 Å². The lowest BCUT2D eigenvalue weighted by Gasteiger charge is -2.41. The summed E-state index contributed by atoms with van der Waals surface area (Å²) in [7, 11) is 0. The van der Waals surface area contributed by atoms with E-state index < -0.39 is 0 Å². The second kappa shape index (κ2) is 7.87. The Morgan fingerprint density at radius 2 is 2.04 bits per heavy atom. The Kier molecular flexibility index (Phi) is 5.60. The van der Waals surface area contributed by atoms with Crippen molar-refractivity contribution in [3.8, 4) is 6.07 Å². The van der Waals surface area contributed by atoms with E-state index in [1.807, 2.05) is 6.07 Å². The predicted octanol–water partition coefficient (Wildman–Crippen LogP) is 1.89. The van der Waals surface area contributed by atoms with Gasteiger partial charge in [-0.25, -0.2) is 0 Å². The van der Waals surface area contributed by atoms with Crippen molar-refractivity contribution in [3.05, 3.63) is 29.6 Å². The van der Waals surface area contributed by atoms with Gasteiger partial charge in [0, 0.05) is 31.9 Å². The minimum atomic E-state index is 0.654. The molecule has 0 amide bonds. The average Bonchev–Trinajstić information content (AvgIpc) is 2.63. The van der Waals surface area contributed by atoms with Crippen molar-refractivity contribution in [1.82, 2.24) is 14.8 Å². The summed E-state index contributed by atoms with van der Waals surface area (Å²) >= 11 is 0. The standard InChI is InChI=1S/C18H26N4O/c1-15(22-8-10-23-11-9-22)17-3-6-21(7-4-17)14-18-12-16(13-19)2-5-20-18/h2,5,12,15,17H,3-4,6-11,14H2,1H3/t15-/m1/s1. The lowest BCUT2D eigenvalue weighted by Crippen LogP contribution is -2.48. The van der Waals surface area contributed by atoms with Gasteiger partial charge in [0.05, 0.1) is 30.5 Å². The SMILES string of the molecule is C[C@H](C1CCN(Cc2cc(C#N)ccn2)CC1)N1CCOCC1. The molecule has 0 radical (unpaired) electrons. The lowest BCUT2D eigenvalue weighted by molar-refractivity contribution is -0.00198. The summed E-state index contributed by atoms with van der Waals surface area (Å²) in [6.07, 6.45) is 4.23. The molecule has 5 nitrogen and oxygen atoms in total. The Balaban J connectivity index is 1.49. The van der Waals surface area contributed by atoms with Crippen molar-refractivity contribution < 1.29 is 4.74 Å². The molecule has 0 aliphatic carbocycles. The second-order valence-corrected chi connectivity index (χ2v) is 6.65. The van der Waals surface area contributed by atoms with Crippen LogP contribution in [0, 0.1) is 17.2 Å². The summed E-state index contributed by atoms with van der Waals surface area (Å²) in [6, 6.07) is 6.51. The van der Waals surface area contributed by atoms with Crippen LogP contribution in [0.15, 0.2) is 18.3 Å². The number of likely N-dealkylation sites (tertiary alicyclic amines) is 1. The number of aromatic nitrogens is 1. The van der Waals surface area contributed by atoms with Gasteiger partial charge >= 0.3 is 0 Å². The first-order valence-electron chi connectivity index (χ1n) is 8.65. The van der Waals surface area contributed by atoms with Crippen LogP contribution in [0.1, 0.15) is 31.0 Å². The zero-order chi connectivity index (χ0) is 16.1. The maximum Gasteiger partial charge on any atom is 0.0992 e. The first-order chi connectivity index (χ1) is 11.3. The number of morpholine rings is 1. The summed E-state index contributed by atoms with van der Waals surface area (Å²) < 4.78 is 5.46. The van der Waals surface area contributed by atoms with Gasteiger partial charge in [-0.15, -0.1) is 0 Å². The highest BCUT2D eigenvalue weighted by molar-refractivity contribution is 5.28. The molecule has 2 saturated heterocycles. The zero-order valence-electron chi connectivity index (χ0n) is 13.9. The number of nitrogens with zero attached hydrogens (tertiary/aromatic N) is 4. The van der Waals surface area contributed by atoms with Gasteiger partial charge in [-0.1, -0.05) is 0 Å². The topological polar surface area (TPSA) is 52.4 Å². The first kappa shape index (κ1) is 16.4. The number of nitriles is 1. The smallest absolute Gasteiger partial charge is 0.0992 e. The second-order valence-electron chi connectivity index (χ2n) is 6.65. The molecule has 0 unspecified atom stereocenters. The summed E-state index contributed by atoms with van der Waals surface area (Å²) in [5.74, 6) is 0.780. The third-order valence-electron chi connectivity index (χ3n) is 5.27. The summed E-state index contributed by atoms with van der Waals surface area (Å²) in [5, 5.41) is 8.98. The molecular formula is C18H26N4O. The third-order valence-corrected chi connectivity index (χ3v) is 5.27. The van der Waals surface area contributed by atoms with E-state index in [0.29, 0.717) is 11.6 Å². The Morgan fingerprint density at radius 1 is 1.30 bits per heavy atom. The lowest BCUT2D eigenvalue weighted by atomic mass is 9.89. The number of hydrogen-bond acceptors (Lipinski definition) is 5. The van der Waals surface area contributed by atoms with Gasteiger partial charge in [0.15, 0.2) is 0 Å². The molecule has 0 spiro atoms. The highest BCUT2D eigenvalue weighted by atomic mass is 16.5. The van der Waals surface area contributed by atoms with Crippen molar-refractivity contribution >= 4 is 0 Å². The largest absolute Gasteiger partial charge is 0.379 e. The molecule has 0 N–H and O–H groups in total. The van der Waals surface area contributed by atoms with Crippen LogP contribution < -0.4 is 0 Å². The molecule has 1 aromatic heterocycles. The van der Waals surface area contributed by atoms with Crippen LogP contribution in [-0.2, 0) is 11.3 Å². The van der Waals surface area contributed by atoms with E-state index in [4.69, 9.17) is 10.00 Å². The molecule has 0 saturated carbocycles. The normalized spacial score (nSPS) is 22.6. The van der Waals surface area contributed by atoms with Gasteiger partial charge in [-0.3, -0.25) is 14.8 Å². The quantitative estimate of drug-likeness (QED) is 0.849. The van der Waals surface area contributed by atoms with Gasteiger partial charge in [0.25, 0.3) is 0 Å². The molecule has 2 fully saturated rings. The Bertz CT molecular complexity index is 542. The van der Waals surface area contributed by atoms with Crippen LogP contribution >= 0.6 is 0 Å². The van der Waals surface area contributed by atoms with Crippen LogP contribution in [0.4, 0.5) is 0 Å². The Morgan fingerprint density at radius 3 is 2.74 bits per heavy atom. The fraction of sp³-hybridized carbons (Fsp3) is 0.667. The van der Waals surface area contributed by atoms with E-state index in [1.165, 1.54) is 12.8 Å². The molecule has 5 heteroatoms. The van der Waals surface area contributed by atoms with Gasteiger partial charge in [-0.2, -0.15) is 5.26 Å². The molecule has 3 heterocycles. The third kappa shape index (κ3) is 4.29. The molecule has 1 atom stereocenters. The van der Waals surface area contributed by atoms with Crippen molar-refractivity contribution in [2.24, 2.45) is 5.92 Å². The summed E-state index contributed by atoms with van der Waals surface area (Å²) in [4.78, 5) is 9.44. The maximum atomic E-state index is 8.98. The predicted molar refractivity (Wildman–Crippen MR) is 88.8 cm³/mol. The monoisotopic (exact) mass is 314 g/mol. The number of rotatable bonds is 4. The minimum absolute atomic E-state index is 0.654. The molecule has 0 bridgehead atoms. The zero-order valence-corrected chi connectivity index (χ0v) is 13.9. The van der Waals surface area contributed by atoms with Crippen molar-refractivity contribution in [3.63, 3.8) is 0 Å². The number of pyridine rings is 1. The van der Waals surface area contributed by atoms with Crippen molar-refractivity contribution in [2.75, 3.05) is 39.4 Å². The molecule has 1 aromatic rings. The molecule has 2 aliphatic heterocycles. The van der Waals surface area contributed by atoms with Crippen LogP contribution in [0.25, 0.3) is 0 Å². The number of ether oxygens (including phenoxy) is 1. The Hall–Kier alpha value is -1.48. The van der Waals surface area contributed by atoms with E-state index in [9.17, 15) is 0 Å². The fourth-order valence-corrected chi connectivity index (χ4v) is 3.74. The molecule has 2 aliphatic rings. The molecule has 23 heavy (non-hydrogen) atoms. The molecule has 124 valence electrons. The molecule has 3 rings (SSSR count). The number of piperidine rings is 1. The van der Waals surface area contributed by atoms with Gasteiger partial charge in [-0.05, 0) is 50.9 Å². The maximum absolute atomic E-state index is 8.98. The average molecular weight is 314 g/mol. The van der Waals surface area contributed by atoms with E-state index in [0.717, 1.165) is 57.5 Å². The van der Waals surface area contributed by atoms with Crippen LogP contribution in [0.5, 0.6) is 0 Å².